The van der Waals surface area contributed by atoms with Crippen LogP contribution in [0, 0.1) is 0 Å². The molecule has 0 radical (unpaired) electrons. The quantitative estimate of drug-likeness (QED) is 0.119. The Morgan fingerprint density at radius 1 is 0.212 bits per heavy atom. The highest BCUT2D eigenvalue weighted by Crippen LogP contribution is 2.59. The Morgan fingerprint density at radius 2 is 0.606 bits per heavy atom. The van der Waals surface area contributed by atoms with Gasteiger partial charge in [0.2, 0.25) is 0 Å². The molecule has 0 aliphatic rings. The number of hydrogen-bond acceptors (Lipinski definition) is 0. The SMILES string of the molecule is c1ccc(-p2c3ccccc3c3c(-c4cccc5c(-c6cc7ccccc7c7ccccc67)c6cccc(-c7cccc8c7c7ccccc7p8-c7ccccc7)c6cc45)cccc32)cc1. The van der Waals surface area contributed by atoms with Crippen LogP contribution >= 0.6 is 15.1 Å². The Balaban J connectivity index is 1.14. The minimum Gasteiger partial charge on any atom is -0.0772 e. The summed E-state index contributed by atoms with van der Waals surface area (Å²) in [6, 6.07) is 91.8. The Morgan fingerprint density at radius 3 is 1.15 bits per heavy atom. The molecule has 14 aromatic rings. The number of rotatable bonds is 5. The predicted octanol–water partition coefficient (Wildman–Crippen LogP) is 19.9. The molecule has 0 N–H and O–H groups in total. The maximum Gasteiger partial charge on any atom is 0.00745 e. The minimum atomic E-state index is -0.708. The molecule has 66 heavy (non-hydrogen) atoms. The molecule has 0 spiro atoms. The molecular weight excluding hydrogens is 831 g/mol. The largest absolute Gasteiger partial charge is 0.0772 e. The van der Waals surface area contributed by atoms with Gasteiger partial charge in [0.1, 0.15) is 0 Å². The summed E-state index contributed by atoms with van der Waals surface area (Å²) in [7, 11) is -1.42. The van der Waals surface area contributed by atoms with Crippen LogP contribution in [0.25, 0.3) is 129 Å². The van der Waals surface area contributed by atoms with E-state index in [0.717, 1.165) is 0 Å². The predicted molar refractivity (Wildman–Crippen MR) is 291 cm³/mol. The normalized spacial score (nSPS) is 12.5. The van der Waals surface area contributed by atoms with E-state index in [4.69, 9.17) is 0 Å². The highest BCUT2D eigenvalue weighted by atomic mass is 31.1. The van der Waals surface area contributed by atoms with Crippen LogP contribution in [-0.2, 0) is 0 Å². The molecule has 0 amide bonds. The molecular formula is C64H40P2. The first-order valence-electron chi connectivity index (χ1n) is 22.9. The first kappa shape index (κ1) is 37.6. The van der Waals surface area contributed by atoms with Crippen LogP contribution in [0.3, 0.4) is 0 Å². The van der Waals surface area contributed by atoms with Crippen molar-refractivity contribution in [2.75, 3.05) is 0 Å². The van der Waals surface area contributed by atoms with Gasteiger partial charge in [0, 0.05) is 31.2 Å². The van der Waals surface area contributed by atoms with Crippen molar-refractivity contribution in [3.63, 3.8) is 0 Å². The van der Waals surface area contributed by atoms with E-state index in [0.29, 0.717) is 0 Å². The number of benzene rings is 12. The second kappa shape index (κ2) is 14.9. The summed E-state index contributed by atoms with van der Waals surface area (Å²) < 4.78 is 0. The average molecular weight is 871 g/mol. The lowest BCUT2D eigenvalue weighted by Gasteiger charge is -2.20. The van der Waals surface area contributed by atoms with Crippen LogP contribution in [0.15, 0.2) is 243 Å². The molecule has 0 saturated heterocycles. The summed E-state index contributed by atoms with van der Waals surface area (Å²) >= 11 is 0. The van der Waals surface area contributed by atoms with Crippen molar-refractivity contribution >= 4 is 100 Å². The van der Waals surface area contributed by atoms with Gasteiger partial charge in [0.05, 0.1) is 0 Å². The first-order valence-corrected chi connectivity index (χ1v) is 25.5. The Hall–Kier alpha value is -7.72. The lowest BCUT2D eigenvalue weighted by molar-refractivity contribution is 1.69. The van der Waals surface area contributed by atoms with Gasteiger partial charge in [-0.05, 0) is 122 Å². The van der Waals surface area contributed by atoms with E-state index in [1.165, 1.54) is 129 Å². The molecule has 0 bridgehead atoms. The van der Waals surface area contributed by atoms with Crippen LogP contribution in [0.5, 0.6) is 0 Å². The van der Waals surface area contributed by atoms with E-state index in [1.54, 1.807) is 0 Å². The molecule has 0 aliphatic heterocycles. The standard InChI is InChI=1S/C64H40P2/c1-3-20-42(21-4-1)65-58-35-13-11-27-53(58)63-49(33-17-37-60(63)65)47-29-15-31-51-55(47)40-56-48(50-34-18-38-61-64(50)54-28-12-14-36-59(54)66(61)43-22-5-2-6-23-43)30-16-32-52(56)62(51)57-39-41-19-7-8-24-44(41)45-25-9-10-26-46(45)57/h1-40H. The van der Waals surface area contributed by atoms with E-state index in [2.05, 4.69) is 243 Å². The summed E-state index contributed by atoms with van der Waals surface area (Å²) in [6.45, 7) is 0. The fraction of sp³-hybridized carbons (Fsp3) is 0. The van der Waals surface area contributed by atoms with E-state index >= 15 is 0 Å². The molecule has 2 unspecified atom stereocenters. The molecule has 0 fully saturated rings. The second-order valence-electron chi connectivity index (χ2n) is 17.5. The molecule has 2 aromatic heterocycles. The van der Waals surface area contributed by atoms with Crippen LogP contribution in [0.4, 0.5) is 0 Å². The number of hydrogen-bond donors (Lipinski definition) is 0. The summed E-state index contributed by atoms with van der Waals surface area (Å²) in [5.41, 5.74) is 7.67. The van der Waals surface area contributed by atoms with Gasteiger partial charge in [0.15, 0.2) is 0 Å². The van der Waals surface area contributed by atoms with Crippen LogP contribution in [0.2, 0.25) is 0 Å². The molecule has 2 heterocycles. The Labute approximate surface area is 384 Å². The molecule has 0 nitrogen and oxygen atoms in total. The van der Waals surface area contributed by atoms with Crippen LogP contribution < -0.4 is 0 Å². The zero-order valence-corrected chi connectivity index (χ0v) is 37.8. The van der Waals surface area contributed by atoms with Gasteiger partial charge in [-0.1, -0.05) is 233 Å². The van der Waals surface area contributed by atoms with Crippen molar-refractivity contribution in [1.29, 1.82) is 0 Å². The van der Waals surface area contributed by atoms with Crippen molar-refractivity contribution in [2.45, 2.75) is 0 Å². The average Bonchev–Trinajstić information content (AvgIpc) is 3.91. The summed E-state index contributed by atoms with van der Waals surface area (Å²) in [6.07, 6.45) is 0. The van der Waals surface area contributed by atoms with Gasteiger partial charge in [-0.2, -0.15) is 0 Å². The smallest absolute Gasteiger partial charge is 0.00745 e. The maximum atomic E-state index is 2.54. The minimum absolute atomic E-state index is 0.708. The highest BCUT2D eigenvalue weighted by Gasteiger charge is 2.23. The van der Waals surface area contributed by atoms with Crippen molar-refractivity contribution in [1.82, 2.24) is 0 Å². The third-order valence-electron chi connectivity index (χ3n) is 14.1. The van der Waals surface area contributed by atoms with Gasteiger partial charge in [-0.25, -0.2) is 0 Å². The van der Waals surface area contributed by atoms with E-state index in [1.807, 2.05) is 0 Å². The van der Waals surface area contributed by atoms with Crippen molar-refractivity contribution in [3.8, 4) is 44.0 Å². The zero-order chi connectivity index (χ0) is 43.3. The molecule has 0 saturated carbocycles. The second-order valence-corrected chi connectivity index (χ2v) is 21.8. The Bertz CT molecular complexity index is 4050. The highest BCUT2D eigenvalue weighted by molar-refractivity contribution is 7.68. The molecule has 0 aliphatic carbocycles. The van der Waals surface area contributed by atoms with E-state index in [9.17, 15) is 0 Å². The van der Waals surface area contributed by atoms with Gasteiger partial charge in [-0.15, -0.1) is 0 Å². The van der Waals surface area contributed by atoms with Crippen LogP contribution in [-0.4, -0.2) is 0 Å². The van der Waals surface area contributed by atoms with Gasteiger partial charge in [0.25, 0.3) is 0 Å². The fourth-order valence-electron chi connectivity index (χ4n) is 11.4. The van der Waals surface area contributed by atoms with E-state index in [-0.39, 0.29) is 0 Å². The van der Waals surface area contributed by atoms with Crippen molar-refractivity contribution in [2.24, 2.45) is 0 Å². The Kier molecular flexibility index (Phi) is 8.51. The third-order valence-corrected chi connectivity index (χ3v) is 19.2. The molecule has 14 rings (SSSR count). The summed E-state index contributed by atoms with van der Waals surface area (Å²) in [5, 5.41) is 24.1. The third kappa shape index (κ3) is 5.53. The van der Waals surface area contributed by atoms with Gasteiger partial charge < -0.3 is 0 Å². The summed E-state index contributed by atoms with van der Waals surface area (Å²) in [4.78, 5) is 0. The van der Waals surface area contributed by atoms with Crippen molar-refractivity contribution in [3.05, 3.63) is 243 Å². The first-order chi connectivity index (χ1) is 32.8. The zero-order valence-electron chi connectivity index (χ0n) is 36.0. The topological polar surface area (TPSA) is 0 Å². The molecule has 2 atom stereocenters. The van der Waals surface area contributed by atoms with Gasteiger partial charge >= 0.3 is 0 Å². The molecule has 2 heteroatoms. The lowest BCUT2D eigenvalue weighted by Crippen LogP contribution is -1.92. The maximum absolute atomic E-state index is 2.54. The van der Waals surface area contributed by atoms with Crippen LogP contribution in [0.1, 0.15) is 0 Å². The molecule has 306 valence electrons. The summed E-state index contributed by atoms with van der Waals surface area (Å²) in [5.74, 6) is 0. The molecule has 12 aromatic carbocycles. The fourth-order valence-corrected chi connectivity index (χ4v) is 16.7. The van der Waals surface area contributed by atoms with Crippen molar-refractivity contribution < 1.29 is 0 Å². The monoisotopic (exact) mass is 870 g/mol. The number of fused-ring (bicyclic) bond motifs is 11. The lowest BCUT2D eigenvalue weighted by atomic mass is 9.83. The van der Waals surface area contributed by atoms with Gasteiger partial charge in [-0.3, -0.25) is 0 Å². The van der Waals surface area contributed by atoms with E-state index < -0.39 is 15.1 Å².